The summed E-state index contributed by atoms with van der Waals surface area (Å²) in [4.78, 5) is 13.9. The molecule has 1 heterocycles. The molecule has 1 fully saturated rings. The van der Waals surface area contributed by atoms with E-state index in [1.165, 1.54) is 0 Å². The van der Waals surface area contributed by atoms with Crippen LogP contribution in [0.5, 0.6) is 5.75 Å². The van der Waals surface area contributed by atoms with Crippen molar-refractivity contribution in [1.29, 1.82) is 0 Å². The molecule has 1 aromatic rings. The van der Waals surface area contributed by atoms with Crippen LogP contribution in [0, 0.1) is 0 Å². The largest absolute Gasteiger partial charge is 0.484 e. The van der Waals surface area contributed by atoms with Gasteiger partial charge in [-0.05, 0) is 19.1 Å². The highest BCUT2D eigenvalue weighted by atomic mass is 35.5. The number of hydrogen-bond donors (Lipinski definition) is 1. The van der Waals surface area contributed by atoms with Gasteiger partial charge < -0.3 is 15.0 Å². The van der Waals surface area contributed by atoms with E-state index >= 15 is 0 Å². The van der Waals surface area contributed by atoms with Crippen LogP contribution in [0.15, 0.2) is 18.2 Å². The molecule has 1 aliphatic heterocycles. The average Bonchev–Trinajstić information content (AvgIpc) is 2.40. The van der Waals surface area contributed by atoms with Crippen molar-refractivity contribution < 1.29 is 9.53 Å². The molecule has 0 radical (unpaired) electrons. The highest BCUT2D eigenvalue weighted by molar-refractivity contribution is 6.42. The molecule has 0 aromatic heterocycles. The Morgan fingerprint density at radius 1 is 1.45 bits per heavy atom. The zero-order valence-corrected chi connectivity index (χ0v) is 13.4. The van der Waals surface area contributed by atoms with Gasteiger partial charge in [-0.25, -0.2) is 0 Å². The number of hydrogen-bond acceptors (Lipinski definition) is 3. The second kappa shape index (κ2) is 7.93. The van der Waals surface area contributed by atoms with Crippen LogP contribution in [0.1, 0.15) is 6.92 Å². The Labute approximate surface area is 134 Å². The SMILES string of the molecule is C[C@@H]1CNCCN1C(=O)COc1ccc(Cl)c(Cl)c1.Cl. The van der Waals surface area contributed by atoms with Crippen molar-refractivity contribution in [2.45, 2.75) is 13.0 Å². The van der Waals surface area contributed by atoms with Crippen LogP contribution in [0.4, 0.5) is 0 Å². The predicted molar refractivity (Wildman–Crippen MR) is 83.2 cm³/mol. The Bertz CT molecular complexity index is 471. The number of nitrogens with zero attached hydrogens (tertiary/aromatic N) is 1. The van der Waals surface area contributed by atoms with E-state index in [0.29, 0.717) is 22.3 Å². The Kier molecular flexibility index (Phi) is 6.89. The van der Waals surface area contributed by atoms with Crippen LogP contribution in [0.2, 0.25) is 10.0 Å². The first-order valence-electron chi connectivity index (χ1n) is 6.16. The molecule has 20 heavy (non-hydrogen) atoms. The number of carbonyl (C=O) groups is 1. The molecule has 4 nitrogen and oxygen atoms in total. The fourth-order valence-corrected chi connectivity index (χ4v) is 2.29. The van der Waals surface area contributed by atoms with E-state index in [4.69, 9.17) is 27.9 Å². The lowest BCUT2D eigenvalue weighted by Crippen LogP contribution is -2.53. The summed E-state index contributed by atoms with van der Waals surface area (Å²) < 4.78 is 5.45. The molecule has 0 aliphatic carbocycles. The summed E-state index contributed by atoms with van der Waals surface area (Å²) >= 11 is 11.7. The topological polar surface area (TPSA) is 41.6 Å². The highest BCUT2D eigenvalue weighted by Gasteiger charge is 2.23. The van der Waals surface area contributed by atoms with Crippen LogP contribution < -0.4 is 10.1 Å². The monoisotopic (exact) mass is 338 g/mol. The first kappa shape index (κ1) is 17.4. The molecule has 1 N–H and O–H groups in total. The number of carbonyl (C=O) groups excluding carboxylic acids is 1. The third-order valence-electron chi connectivity index (χ3n) is 3.08. The van der Waals surface area contributed by atoms with Crippen LogP contribution in [-0.4, -0.2) is 43.1 Å². The fourth-order valence-electron chi connectivity index (χ4n) is 2.01. The quantitative estimate of drug-likeness (QED) is 0.920. The molecule has 1 amide bonds. The third kappa shape index (κ3) is 4.42. The number of halogens is 3. The minimum atomic E-state index is -0.0138. The fraction of sp³-hybridized carbons (Fsp3) is 0.462. The Morgan fingerprint density at radius 2 is 2.20 bits per heavy atom. The molecule has 2 rings (SSSR count). The van der Waals surface area contributed by atoms with Gasteiger partial charge in [-0.15, -0.1) is 12.4 Å². The molecule has 1 aromatic carbocycles. The van der Waals surface area contributed by atoms with Gasteiger partial charge >= 0.3 is 0 Å². The lowest BCUT2D eigenvalue weighted by molar-refractivity contribution is -0.136. The first-order chi connectivity index (χ1) is 9.08. The third-order valence-corrected chi connectivity index (χ3v) is 3.81. The second-order valence-corrected chi connectivity index (χ2v) is 5.32. The minimum absolute atomic E-state index is 0. The van der Waals surface area contributed by atoms with E-state index in [1.54, 1.807) is 18.2 Å². The van der Waals surface area contributed by atoms with Gasteiger partial charge in [0.25, 0.3) is 5.91 Å². The number of rotatable bonds is 3. The summed E-state index contributed by atoms with van der Waals surface area (Å²) in [6.45, 7) is 4.39. The highest BCUT2D eigenvalue weighted by Crippen LogP contribution is 2.26. The van der Waals surface area contributed by atoms with Gasteiger partial charge in [0, 0.05) is 31.7 Å². The van der Waals surface area contributed by atoms with Crippen molar-refractivity contribution in [1.82, 2.24) is 10.2 Å². The average molecular weight is 340 g/mol. The Morgan fingerprint density at radius 3 is 2.85 bits per heavy atom. The molecule has 0 unspecified atom stereocenters. The molecule has 0 bridgehead atoms. The molecular formula is C13H17Cl3N2O2. The Hall–Kier alpha value is -0.680. The summed E-state index contributed by atoms with van der Waals surface area (Å²) in [5, 5.41) is 4.13. The van der Waals surface area contributed by atoms with E-state index in [-0.39, 0.29) is 31.0 Å². The van der Waals surface area contributed by atoms with Crippen molar-refractivity contribution >= 4 is 41.5 Å². The van der Waals surface area contributed by atoms with Crippen LogP contribution in [0.3, 0.4) is 0 Å². The molecule has 0 spiro atoms. The zero-order chi connectivity index (χ0) is 13.8. The molecular weight excluding hydrogens is 323 g/mol. The Balaban J connectivity index is 0.00000200. The number of amides is 1. The van der Waals surface area contributed by atoms with Gasteiger partial charge in [0.05, 0.1) is 10.0 Å². The van der Waals surface area contributed by atoms with Crippen LogP contribution >= 0.6 is 35.6 Å². The van der Waals surface area contributed by atoms with Gasteiger partial charge in [-0.2, -0.15) is 0 Å². The van der Waals surface area contributed by atoms with Gasteiger partial charge in [-0.3, -0.25) is 4.79 Å². The maximum Gasteiger partial charge on any atom is 0.260 e. The first-order valence-corrected chi connectivity index (χ1v) is 6.91. The summed E-state index contributed by atoms with van der Waals surface area (Å²) in [6.07, 6.45) is 0. The van der Waals surface area contributed by atoms with Crippen molar-refractivity contribution in [3.05, 3.63) is 28.2 Å². The standard InChI is InChI=1S/C13H16Cl2N2O2.ClH/c1-9-7-16-4-5-17(9)13(18)8-19-10-2-3-11(14)12(15)6-10;/h2-3,6,9,16H,4-5,7-8H2,1H3;1H/t9-;/m1./s1. The van der Waals surface area contributed by atoms with Crippen molar-refractivity contribution in [2.24, 2.45) is 0 Å². The van der Waals surface area contributed by atoms with E-state index < -0.39 is 0 Å². The van der Waals surface area contributed by atoms with E-state index in [2.05, 4.69) is 5.32 Å². The van der Waals surface area contributed by atoms with Crippen molar-refractivity contribution in [3.63, 3.8) is 0 Å². The van der Waals surface area contributed by atoms with Gasteiger partial charge in [0.2, 0.25) is 0 Å². The van der Waals surface area contributed by atoms with E-state index in [1.807, 2.05) is 11.8 Å². The van der Waals surface area contributed by atoms with Gasteiger partial charge in [0.1, 0.15) is 5.75 Å². The zero-order valence-electron chi connectivity index (χ0n) is 11.1. The smallest absolute Gasteiger partial charge is 0.260 e. The summed E-state index contributed by atoms with van der Waals surface area (Å²) in [5.41, 5.74) is 0. The lowest BCUT2D eigenvalue weighted by Gasteiger charge is -2.33. The number of piperazine rings is 1. The minimum Gasteiger partial charge on any atom is -0.484 e. The summed E-state index contributed by atoms with van der Waals surface area (Å²) in [5.74, 6) is 0.533. The van der Waals surface area contributed by atoms with Gasteiger partial charge in [-0.1, -0.05) is 23.2 Å². The molecule has 1 aliphatic rings. The van der Waals surface area contributed by atoms with Crippen LogP contribution in [0.25, 0.3) is 0 Å². The number of benzene rings is 1. The molecule has 112 valence electrons. The number of ether oxygens (including phenoxy) is 1. The predicted octanol–water partition coefficient (Wildman–Crippen LogP) is 2.61. The normalized spacial score (nSPS) is 18.4. The number of nitrogens with one attached hydrogen (secondary N) is 1. The molecule has 1 atom stereocenters. The second-order valence-electron chi connectivity index (χ2n) is 4.50. The summed E-state index contributed by atoms with van der Waals surface area (Å²) in [6, 6.07) is 5.15. The molecule has 1 saturated heterocycles. The molecule has 7 heteroatoms. The molecule has 0 saturated carbocycles. The van der Waals surface area contributed by atoms with E-state index in [9.17, 15) is 4.79 Å². The van der Waals surface area contributed by atoms with Crippen molar-refractivity contribution in [2.75, 3.05) is 26.2 Å². The lowest BCUT2D eigenvalue weighted by atomic mass is 10.2. The van der Waals surface area contributed by atoms with Gasteiger partial charge in [0.15, 0.2) is 6.61 Å². The van der Waals surface area contributed by atoms with Crippen molar-refractivity contribution in [3.8, 4) is 5.75 Å². The van der Waals surface area contributed by atoms with Crippen LogP contribution in [-0.2, 0) is 4.79 Å². The maximum atomic E-state index is 12.0. The summed E-state index contributed by atoms with van der Waals surface area (Å²) in [7, 11) is 0. The van der Waals surface area contributed by atoms with E-state index in [0.717, 1.165) is 13.1 Å². The maximum absolute atomic E-state index is 12.0.